The molecule has 2 N–H and O–H groups in total. The predicted molar refractivity (Wildman–Crippen MR) is 110 cm³/mol. The van der Waals surface area contributed by atoms with E-state index in [9.17, 15) is 4.79 Å². The minimum atomic E-state index is -0.845. The molecule has 0 radical (unpaired) electrons. The number of phenols is 1. The van der Waals surface area contributed by atoms with E-state index in [0.29, 0.717) is 11.3 Å². The summed E-state index contributed by atoms with van der Waals surface area (Å²) in [5, 5.41) is 16.7. The molecule has 0 atom stereocenters. The number of carbonyl (C=O) groups is 1. The number of rotatable bonds is 1. The highest BCUT2D eigenvalue weighted by atomic mass is 16.4. The Morgan fingerprint density at radius 3 is 1.59 bits per heavy atom. The van der Waals surface area contributed by atoms with E-state index in [1.54, 1.807) is 44.2 Å². The molecule has 3 nitrogen and oxygen atoms in total. The molecule has 0 bridgehead atoms. The van der Waals surface area contributed by atoms with E-state index in [1.807, 2.05) is 6.07 Å². The molecular formula is C24H24O3. The van der Waals surface area contributed by atoms with Gasteiger partial charge in [0.15, 0.2) is 0 Å². The molecule has 3 aromatic rings. The first-order valence-corrected chi connectivity index (χ1v) is 8.79. The Kier molecular flexibility index (Phi) is 7.38. The summed E-state index contributed by atoms with van der Waals surface area (Å²) >= 11 is 0. The lowest BCUT2D eigenvalue weighted by molar-refractivity contribution is -0.132. The van der Waals surface area contributed by atoms with E-state index in [4.69, 9.17) is 10.2 Å². The van der Waals surface area contributed by atoms with E-state index in [2.05, 4.69) is 48.5 Å². The molecule has 0 aliphatic heterocycles. The summed E-state index contributed by atoms with van der Waals surface area (Å²) in [5.41, 5.74) is 6.14. The highest BCUT2D eigenvalue weighted by molar-refractivity contribution is 5.85. The zero-order valence-corrected chi connectivity index (χ0v) is 15.6. The second-order valence-corrected chi connectivity index (χ2v) is 6.10. The number of aromatic hydroxyl groups is 1. The van der Waals surface area contributed by atoms with Gasteiger partial charge in [-0.15, -0.1) is 0 Å². The van der Waals surface area contributed by atoms with E-state index < -0.39 is 5.97 Å². The van der Waals surface area contributed by atoms with E-state index in [1.165, 1.54) is 22.3 Å². The largest absolute Gasteiger partial charge is 0.508 e. The Morgan fingerprint density at radius 2 is 1.26 bits per heavy atom. The zero-order valence-electron chi connectivity index (χ0n) is 15.6. The lowest BCUT2D eigenvalue weighted by Crippen LogP contribution is -1.93. The van der Waals surface area contributed by atoms with Crippen molar-refractivity contribution in [1.29, 1.82) is 0 Å². The van der Waals surface area contributed by atoms with Gasteiger partial charge in [0.25, 0.3) is 0 Å². The van der Waals surface area contributed by atoms with Crippen LogP contribution >= 0.6 is 0 Å². The summed E-state index contributed by atoms with van der Waals surface area (Å²) in [6.45, 7) is 3.26. The molecule has 1 aliphatic rings. The molecular weight excluding hydrogens is 336 g/mol. The number of carboxylic acids is 1. The van der Waals surface area contributed by atoms with E-state index in [0.717, 1.165) is 6.42 Å². The van der Waals surface area contributed by atoms with Crippen molar-refractivity contribution in [2.45, 2.75) is 20.3 Å². The highest BCUT2D eigenvalue weighted by Gasteiger charge is 2.15. The lowest BCUT2D eigenvalue weighted by Gasteiger charge is -1.98. The number of para-hydroxylation sites is 1. The smallest absolute Gasteiger partial charge is 0.330 e. The van der Waals surface area contributed by atoms with Crippen molar-refractivity contribution in [3.05, 3.63) is 102 Å². The van der Waals surface area contributed by atoms with Crippen molar-refractivity contribution in [2.24, 2.45) is 0 Å². The van der Waals surface area contributed by atoms with Crippen LogP contribution in [0.3, 0.4) is 0 Å². The fourth-order valence-corrected chi connectivity index (χ4v) is 2.63. The minimum Gasteiger partial charge on any atom is -0.508 e. The fourth-order valence-electron chi connectivity index (χ4n) is 2.63. The minimum absolute atomic E-state index is 0.322. The summed E-state index contributed by atoms with van der Waals surface area (Å²) in [4.78, 5) is 9.86. The number of benzene rings is 3. The van der Waals surface area contributed by atoms with Gasteiger partial charge in [-0.25, -0.2) is 4.79 Å². The number of hydrogen-bond acceptors (Lipinski definition) is 2. The van der Waals surface area contributed by atoms with Crippen LogP contribution in [0.2, 0.25) is 0 Å². The maximum absolute atomic E-state index is 9.86. The van der Waals surface area contributed by atoms with Gasteiger partial charge in [0.05, 0.1) is 0 Å². The molecule has 0 saturated heterocycles. The summed E-state index contributed by atoms with van der Waals surface area (Å²) in [6, 6.07) is 26.0. The van der Waals surface area contributed by atoms with Crippen molar-refractivity contribution in [3.8, 4) is 16.9 Å². The molecule has 3 aromatic carbocycles. The Bertz CT molecular complexity index is 868. The van der Waals surface area contributed by atoms with Gasteiger partial charge in [-0.3, -0.25) is 0 Å². The van der Waals surface area contributed by atoms with Crippen LogP contribution in [0.15, 0.2) is 90.5 Å². The summed E-state index contributed by atoms with van der Waals surface area (Å²) < 4.78 is 0. The summed E-state index contributed by atoms with van der Waals surface area (Å²) in [5.74, 6) is -0.523. The first-order valence-electron chi connectivity index (χ1n) is 8.79. The quantitative estimate of drug-likeness (QED) is 0.429. The van der Waals surface area contributed by atoms with Crippen molar-refractivity contribution in [2.75, 3.05) is 0 Å². The van der Waals surface area contributed by atoms with Crippen LogP contribution in [-0.2, 0) is 11.2 Å². The molecule has 0 fully saturated rings. The number of carboxylic acid groups (broad SMARTS) is 1. The van der Waals surface area contributed by atoms with Gasteiger partial charge in [0, 0.05) is 5.57 Å². The van der Waals surface area contributed by atoms with Gasteiger partial charge < -0.3 is 10.2 Å². The second-order valence-electron chi connectivity index (χ2n) is 6.10. The molecule has 0 saturated carbocycles. The molecule has 0 spiro atoms. The van der Waals surface area contributed by atoms with Gasteiger partial charge >= 0.3 is 5.97 Å². The molecule has 1 aliphatic carbocycles. The molecule has 0 heterocycles. The summed E-state index contributed by atoms with van der Waals surface area (Å²) in [7, 11) is 0. The molecule has 0 amide bonds. The van der Waals surface area contributed by atoms with Crippen LogP contribution in [0.1, 0.15) is 25.0 Å². The SMILES string of the molecule is CC=C(C)C(=O)O.Oc1ccccc1.c1ccc2c(c1)Cc1ccccc1-2. The number of allylic oxidation sites excluding steroid dienone is 1. The average Bonchev–Trinajstić information content (AvgIpc) is 3.07. The average molecular weight is 360 g/mol. The Hall–Kier alpha value is -3.33. The van der Waals surface area contributed by atoms with Crippen molar-refractivity contribution in [3.63, 3.8) is 0 Å². The Balaban J connectivity index is 0.000000161. The van der Waals surface area contributed by atoms with Crippen LogP contribution < -0.4 is 0 Å². The van der Waals surface area contributed by atoms with Crippen molar-refractivity contribution in [1.82, 2.24) is 0 Å². The monoisotopic (exact) mass is 360 g/mol. The van der Waals surface area contributed by atoms with Gasteiger partial charge in [-0.05, 0) is 54.7 Å². The maximum Gasteiger partial charge on any atom is 0.330 e. The third-order valence-electron chi connectivity index (χ3n) is 4.23. The van der Waals surface area contributed by atoms with Crippen LogP contribution in [-0.4, -0.2) is 16.2 Å². The van der Waals surface area contributed by atoms with Crippen LogP contribution in [0.25, 0.3) is 11.1 Å². The van der Waals surface area contributed by atoms with Gasteiger partial charge in [-0.1, -0.05) is 72.8 Å². The number of aliphatic carboxylic acids is 1. The topological polar surface area (TPSA) is 57.5 Å². The van der Waals surface area contributed by atoms with Crippen LogP contribution in [0.4, 0.5) is 0 Å². The normalized spacial score (nSPS) is 11.1. The van der Waals surface area contributed by atoms with Crippen LogP contribution in [0.5, 0.6) is 5.75 Å². The van der Waals surface area contributed by atoms with Crippen molar-refractivity contribution < 1.29 is 15.0 Å². The number of hydrogen-bond donors (Lipinski definition) is 2. The zero-order chi connectivity index (χ0) is 19.6. The highest BCUT2D eigenvalue weighted by Crippen LogP contribution is 2.35. The van der Waals surface area contributed by atoms with Gasteiger partial charge in [-0.2, -0.15) is 0 Å². The number of fused-ring (bicyclic) bond motifs is 3. The summed E-state index contributed by atoms with van der Waals surface area (Å²) in [6.07, 6.45) is 2.66. The molecule has 0 unspecified atom stereocenters. The number of phenolic OH excluding ortho intramolecular Hbond substituents is 1. The first-order chi connectivity index (χ1) is 13.0. The molecule has 0 aromatic heterocycles. The predicted octanol–water partition coefficient (Wildman–Crippen LogP) is 5.69. The van der Waals surface area contributed by atoms with Crippen molar-refractivity contribution >= 4 is 5.97 Å². The Labute approximate surface area is 160 Å². The molecule has 27 heavy (non-hydrogen) atoms. The second kappa shape index (κ2) is 9.97. The third kappa shape index (κ3) is 5.86. The van der Waals surface area contributed by atoms with Crippen LogP contribution in [0, 0.1) is 0 Å². The van der Waals surface area contributed by atoms with E-state index in [-0.39, 0.29) is 0 Å². The standard InChI is InChI=1S/C13H10.C6H6O.C5H8O2/c1-3-7-12-10(5-1)9-11-6-2-4-8-13(11)12;7-6-4-2-1-3-5-6;1-3-4(2)5(6)7/h1-8H,9H2;1-5,7H;3H,1-2H3,(H,6,7). The maximum atomic E-state index is 9.86. The Morgan fingerprint density at radius 1 is 0.815 bits per heavy atom. The van der Waals surface area contributed by atoms with Gasteiger partial charge in [0.2, 0.25) is 0 Å². The lowest BCUT2D eigenvalue weighted by atomic mass is 10.1. The third-order valence-corrected chi connectivity index (χ3v) is 4.23. The molecule has 138 valence electrons. The van der Waals surface area contributed by atoms with E-state index >= 15 is 0 Å². The van der Waals surface area contributed by atoms with Gasteiger partial charge in [0.1, 0.15) is 5.75 Å². The molecule has 3 heteroatoms. The first kappa shape index (κ1) is 20.0. The fraction of sp³-hybridized carbons (Fsp3) is 0.125. The molecule has 4 rings (SSSR count).